The van der Waals surface area contributed by atoms with E-state index in [0.717, 1.165) is 37.3 Å². The molecule has 1 N–H and O–H groups in total. The highest BCUT2D eigenvalue weighted by molar-refractivity contribution is 5.20. The molecule has 0 amide bonds. The highest BCUT2D eigenvalue weighted by atomic mass is 16.5. The first-order chi connectivity index (χ1) is 7.36. The molecule has 1 saturated carbocycles. The lowest BCUT2D eigenvalue weighted by molar-refractivity contribution is 0.313. The average Bonchev–Trinajstić information content (AvgIpc) is 2.96. The van der Waals surface area contributed by atoms with Crippen molar-refractivity contribution >= 4 is 0 Å². The summed E-state index contributed by atoms with van der Waals surface area (Å²) >= 11 is 0. The van der Waals surface area contributed by atoms with Gasteiger partial charge in [-0.25, -0.2) is 0 Å². The summed E-state index contributed by atoms with van der Waals surface area (Å²) < 4.78 is 5.57. The molecule has 1 aliphatic carbocycles. The zero-order chi connectivity index (χ0) is 10.5. The largest absolute Gasteiger partial charge is 0.492 e. The first-order valence-corrected chi connectivity index (χ1v) is 5.75. The van der Waals surface area contributed by atoms with E-state index >= 15 is 0 Å². The molecule has 2 atom stereocenters. The number of rotatable bonds is 6. The number of ether oxygens (including phenoxy) is 1. The monoisotopic (exact) mass is 205 g/mol. The third-order valence-electron chi connectivity index (χ3n) is 2.97. The van der Waals surface area contributed by atoms with Gasteiger partial charge in [-0.1, -0.05) is 25.1 Å². The molecule has 0 aliphatic heterocycles. The van der Waals surface area contributed by atoms with E-state index in [4.69, 9.17) is 4.74 Å². The maximum Gasteiger partial charge on any atom is 0.119 e. The highest BCUT2D eigenvalue weighted by Gasteiger charge is 2.31. The molecule has 0 heterocycles. The number of para-hydroxylation sites is 1. The van der Waals surface area contributed by atoms with Gasteiger partial charge >= 0.3 is 0 Å². The second-order valence-corrected chi connectivity index (χ2v) is 4.34. The lowest BCUT2D eigenvalue weighted by Gasteiger charge is -2.06. The summed E-state index contributed by atoms with van der Waals surface area (Å²) in [4.78, 5) is 0. The lowest BCUT2D eigenvalue weighted by atomic mass is 10.3. The van der Waals surface area contributed by atoms with Crippen LogP contribution in [0, 0.1) is 11.8 Å². The zero-order valence-corrected chi connectivity index (χ0v) is 9.28. The molecule has 1 aromatic rings. The molecule has 82 valence electrons. The molecule has 15 heavy (non-hydrogen) atoms. The van der Waals surface area contributed by atoms with E-state index in [1.807, 2.05) is 30.3 Å². The number of nitrogens with one attached hydrogen (secondary N) is 1. The summed E-state index contributed by atoms with van der Waals surface area (Å²) in [7, 11) is 0. The van der Waals surface area contributed by atoms with E-state index in [0.29, 0.717) is 0 Å². The molecule has 0 saturated heterocycles. The van der Waals surface area contributed by atoms with Crippen LogP contribution in [-0.4, -0.2) is 19.7 Å². The van der Waals surface area contributed by atoms with Gasteiger partial charge in [0, 0.05) is 6.54 Å². The smallest absolute Gasteiger partial charge is 0.119 e. The lowest BCUT2D eigenvalue weighted by Crippen LogP contribution is -2.23. The van der Waals surface area contributed by atoms with E-state index in [9.17, 15) is 0 Å². The maximum absolute atomic E-state index is 5.57. The second kappa shape index (κ2) is 5.17. The molecule has 1 aromatic carbocycles. The molecule has 0 spiro atoms. The number of hydrogen-bond donors (Lipinski definition) is 1. The maximum atomic E-state index is 5.57. The fourth-order valence-corrected chi connectivity index (χ4v) is 1.73. The Hall–Kier alpha value is -1.02. The first kappa shape index (κ1) is 10.5. The molecule has 1 aliphatic rings. The summed E-state index contributed by atoms with van der Waals surface area (Å²) in [6.07, 6.45) is 1.40. The van der Waals surface area contributed by atoms with Gasteiger partial charge in [-0.15, -0.1) is 0 Å². The standard InChI is InChI=1S/C13H19NO/c1-11-9-12(11)10-14-7-8-15-13-5-3-2-4-6-13/h2-6,11-12,14H,7-10H2,1H3. The van der Waals surface area contributed by atoms with Gasteiger partial charge in [0.25, 0.3) is 0 Å². The van der Waals surface area contributed by atoms with Crippen molar-refractivity contribution in [1.82, 2.24) is 5.32 Å². The van der Waals surface area contributed by atoms with Crippen LogP contribution < -0.4 is 10.1 Å². The minimum Gasteiger partial charge on any atom is -0.492 e. The van der Waals surface area contributed by atoms with E-state index in [-0.39, 0.29) is 0 Å². The minimum absolute atomic E-state index is 0.755. The van der Waals surface area contributed by atoms with Crippen LogP contribution in [0.3, 0.4) is 0 Å². The van der Waals surface area contributed by atoms with Crippen LogP contribution in [0.4, 0.5) is 0 Å². The summed E-state index contributed by atoms with van der Waals surface area (Å²) in [5.74, 6) is 2.81. The fourth-order valence-electron chi connectivity index (χ4n) is 1.73. The van der Waals surface area contributed by atoms with Gasteiger partial charge in [0.15, 0.2) is 0 Å². The Kier molecular flexibility index (Phi) is 3.62. The Balaban J connectivity index is 1.52. The van der Waals surface area contributed by atoms with E-state index in [2.05, 4.69) is 12.2 Å². The fraction of sp³-hybridized carbons (Fsp3) is 0.538. The summed E-state index contributed by atoms with van der Waals surface area (Å²) in [5, 5.41) is 3.42. The molecule has 2 heteroatoms. The molecule has 2 unspecified atom stereocenters. The Morgan fingerprint density at radius 3 is 2.73 bits per heavy atom. The molecule has 2 rings (SSSR count). The summed E-state index contributed by atoms with van der Waals surface area (Å²) in [6, 6.07) is 9.97. The normalized spacial score (nSPS) is 23.8. The highest BCUT2D eigenvalue weighted by Crippen LogP contribution is 2.36. The molecule has 2 nitrogen and oxygen atoms in total. The van der Waals surface area contributed by atoms with Gasteiger partial charge < -0.3 is 10.1 Å². The van der Waals surface area contributed by atoms with Crippen LogP contribution in [0.25, 0.3) is 0 Å². The molecular weight excluding hydrogens is 186 g/mol. The zero-order valence-electron chi connectivity index (χ0n) is 9.28. The average molecular weight is 205 g/mol. The van der Waals surface area contributed by atoms with E-state index < -0.39 is 0 Å². The van der Waals surface area contributed by atoms with Gasteiger partial charge in [-0.3, -0.25) is 0 Å². The molecule has 0 aromatic heterocycles. The van der Waals surface area contributed by atoms with Crippen molar-refractivity contribution in [3.05, 3.63) is 30.3 Å². The van der Waals surface area contributed by atoms with Crippen LogP contribution >= 0.6 is 0 Å². The quantitative estimate of drug-likeness (QED) is 0.720. The topological polar surface area (TPSA) is 21.3 Å². The van der Waals surface area contributed by atoms with Gasteiger partial charge in [0.2, 0.25) is 0 Å². The van der Waals surface area contributed by atoms with E-state index in [1.54, 1.807) is 0 Å². The number of hydrogen-bond acceptors (Lipinski definition) is 2. The summed E-state index contributed by atoms with van der Waals surface area (Å²) in [5.41, 5.74) is 0. The SMILES string of the molecule is CC1CC1CNCCOc1ccccc1. The van der Waals surface area contributed by atoms with Crippen molar-refractivity contribution in [3.8, 4) is 5.75 Å². The van der Waals surface area contributed by atoms with Crippen molar-refractivity contribution in [2.75, 3.05) is 19.7 Å². The molecular formula is C13H19NO. The Morgan fingerprint density at radius 2 is 2.07 bits per heavy atom. The van der Waals surface area contributed by atoms with Crippen molar-refractivity contribution in [3.63, 3.8) is 0 Å². The van der Waals surface area contributed by atoms with Crippen LogP contribution in [0.15, 0.2) is 30.3 Å². The van der Waals surface area contributed by atoms with Crippen LogP contribution in [-0.2, 0) is 0 Å². The summed E-state index contributed by atoms with van der Waals surface area (Å²) in [6.45, 7) is 5.16. The minimum atomic E-state index is 0.755. The van der Waals surface area contributed by atoms with Gasteiger partial charge in [0.05, 0.1) is 0 Å². The Bertz CT molecular complexity index is 286. The van der Waals surface area contributed by atoms with Crippen LogP contribution in [0.2, 0.25) is 0 Å². The second-order valence-electron chi connectivity index (χ2n) is 4.34. The van der Waals surface area contributed by atoms with Crippen LogP contribution in [0.1, 0.15) is 13.3 Å². The third kappa shape index (κ3) is 3.56. The molecule has 0 radical (unpaired) electrons. The molecule has 0 bridgehead atoms. The van der Waals surface area contributed by atoms with Crippen molar-refractivity contribution < 1.29 is 4.74 Å². The molecule has 1 fully saturated rings. The Labute approximate surface area is 91.6 Å². The predicted octanol–water partition coefficient (Wildman–Crippen LogP) is 2.31. The van der Waals surface area contributed by atoms with Crippen LogP contribution in [0.5, 0.6) is 5.75 Å². The van der Waals surface area contributed by atoms with Gasteiger partial charge in [-0.2, -0.15) is 0 Å². The Morgan fingerprint density at radius 1 is 1.33 bits per heavy atom. The predicted molar refractivity (Wildman–Crippen MR) is 62.1 cm³/mol. The van der Waals surface area contributed by atoms with Gasteiger partial charge in [-0.05, 0) is 36.9 Å². The van der Waals surface area contributed by atoms with Crippen molar-refractivity contribution in [2.45, 2.75) is 13.3 Å². The number of benzene rings is 1. The third-order valence-corrected chi connectivity index (χ3v) is 2.97. The van der Waals surface area contributed by atoms with Crippen molar-refractivity contribution in [2.24, 2.45) is 11.8 Å². The van der Waals surface area contributed by atoms with Crippen molar-refractivity contribution in [1.29, 1.82) is 0 Å². The van der Waals surface area contributed by atoms with Gasteiger partial charge in [0.1, 0.15) is 12.4 Å². The van der Waals surface area contributed by atoms with E-state index in [1.165, 1.54) is 6.42 Å². The first-order valence-electron chi connectivity index (χ1n) is 5.75.